The van der Waals surface area contributed by atoms with E-state index in [0.717, 1.165) is 12.1 Å². The van der Waals surface area contributed by atoms with Gasteiger partial charge in [-0.05, 0) is 67.6 Å². The first-order chi connectivity index (χ1) is 9.47. The summed E-state index contributed by atoms with van der Waals surface area (Å²) in [5.74, 6) is -0.182. The van der Waals surface area contributed by atoms with Gasteiger partial charge < -0.3 is 5.32 Å². The van der Waals surface area contributed by atoms with Gasteiger partial charge in [-0.1, -0.05) is 24.3 Å². The van der Waals surface area contributed by atoms with E-state index in [4.69, 9.17) is 0 Å². The Kier molecular flexibility index (Phi) is 4.56. The fraction of sp³-hybridized carbons (Fsp3) is 0.333. The molecule has 1 unspecified atom stereocenters. The van der Waals surface area contributed by atoms with Crippen LogP contribution < -0.4 is 5.32 Å². The van der Waals surface area contributed by atoms with Gasteiger partial charge in [0.05, 0.1) is 0 Å². The molecule has 20 heavy (non-hydrogen) atoms. The molecular weight excluding hydrogens is 249 g/mol. The second-order valence-corrected chi connectivity index (χ2v) is 5.52. The van der Waals surface area contributed by atoms with Crippen molar-refractivity contribution in [2.75, 3.05) is 0 Å². The Morgan fingerprint density at radius 1 is 1.00 bits per heavy atom. The molecule has 0 heterocycles. The third kappa shape index (κ3) is 3.45. The van der Waals surface area contributed by atoms with Gasteiger partial charge in [-0.2, -0.15) is 0 Å². The van der Waals surface area contributed by atoms with Crippen molar-refractivity contribution < 1.29 is 4.39 Å². The molecule has 0 spiro atoms. The van der Waals surface area contributed by atoms with E-state index >= 15 is 0 Å². The number of benzene rings is 2. The van der Waals surface area contributed by atoms with Crippen LogP contribution in [-0.2, 0) is 6.54 Å². The standard InChI is InChI=1S/C18H22FN/c1-12-8-14(3)17(9-13(12)2)11-20-15(4)16-6-5-7-18(19)10-16/h5-10,15,20H,11H2,1-4H3. The third-order valence-corrected chi connectivity index (χ3v) is 3.90. The first-order valence-electron chi connectivity index (χ1n) is 7.03. The maximum atomic E-state index is 13.2. The lowest BCUT2D eigenvalue weighted by atomic mass is 10.0. The first kappa shape index (κ1) is 14.7. The van der Waals surface area contributed by atoms with Crippen molar-refractivity contribution in [3.63, 3.8) is 0 Å². The lowest BCUT2D eigenvalue weighted by Crippen LogP contribution is -2.19. The summed E-state index contributed by atoms with van der Waals surface area (Å²) >= 11 is 0. The molecule has 2 heteroatoms. The van der Waals surface area contributed by atoms with Crippen LogP contribution >= 0.6 is 0 Å². The summed E-state index contributed by atoms with van der Waals surface area (Å²) in [6.45, 7) is 9.26. The van der Waals surface area contributed by atoms with E-state index < -0.39 is 0 Å². The minimum absolute atomic E-state index is 0.131. The zero-order chi connectivity index (χ0) is 14.7. The van der Waals surface area contributed by atoms with Gasteiger partial charge in [0.1, 0.15) is 5.82 Å². The Bertz CT molecular complexity index is 604. The summed E-state index contributed by atoms with van der Waals surface area (Å²) in [7, 11) is 0. The number of rotatable bonds is 4. The van der Waals surface area contributed by atoms with Crippen molar-refractivity contribution >= 4 is 0 Å². The monoisotopic (exact) mass is 271 g/mol. The molecule has 1 N–H and O–H groups in total. The van der Waals surface area contributed by atoms with Crippen molar-refractivity contribution in [1.29, 1.82) is 0 Å². The van der Waals surface area contributed by atoms with Gasteiger partial charge in [-0.3, -0.25) is 0 Å². The molecule has 0 aromatic heterocycles. The summed E-state index contributed by atoms with van der Waals surface area (Å²) in [4.78, 5) is 0. The molecule has 0 aliphatic rings. The maximum Gasteiger partial charge on any atom is 0.123 e. The molecule has 0 saturated carbocycles. The topological polar surface area (TPSA) is 12.0 Å². The minimum Gasteiger partial charge on any atom is -0.306 e. The third-order valence-electron chi connectivity index (χ3n) is 3.90. The van der Waals surface area contributed by atoms with Gasteiger partial charge in [0.25, 0.3) is 0 Å². The number of aryl methyl sites for hydroxylation is 3. The average molecular weight is 271 g/mol. The first-order valence-corrected chi connectivity index (χ1v) is 7.03. The smallest absolute Gasteiger partial charge is 0.123 e. The molecule has 0 aliphatic carbocycles. The lowest BCUT2D eigenvalue weighted by Gasteiger charge is -2.16. The van der Waals surface area contributed by atoms with Crippen LogP contribution in [0.4, 0.5) is 4.39 Å². The second kappa shape index (κ2) is 6.19. The van der Waals surface area contributed by atoms with E-state index in [-0.39, 0.29) is 11.9 Å². The quantitative estimate of drug-likeness (QED) is 0.856. The van der Waals surface area contributed by atoms with Crippen LogP contribution in [0.25, 0.3) is 0 Å². The zero-order valence-corrected chi connectivity index (χ0v) is 12.6. The summed E-state index contributed by atoms with van der Waals surface area (Å²) in [6, 6.07) is 11.4. The number of hydrogen-bond donors (Lipinski definition) is 1. The van der Waals surface area contributed by atoms with Gasteiger partial charge in [0.15, 0.2) is 0 Å². The lowest BCUT2D eigenvalue weighted by molar-refractivity contribution is 0.564. The molecule has 0 saturated heterocycles. The van der Waals surface area contributed by atoms with E-state index in [1.165, 1.54) is 28.3 Å². The van der Waals surface area contributed by atoms with Gasteiger partial charge in [0, 0.05) is 12.6 Å². The molecular formula is C18H22FN. The highest BCUT2D eigenvalue weighted by atomic mass is 19.1. The van der Waals surface area contributed by atoms with Crippen molar-refractivity contribution in [3.8, 4) is 0 Å². The van der Waals surface area contributed by atoms with Gasteiger partial charge in [-0.25, -0.2) is 4.39 Å². The predicted molar refractivity (Wildman–Crippen MR) is 82.3 cm³/mol. The van der Waals surface area contributed by atoms with Crippen LogP contribution in [-0.4, -0.2) is 0 Å². The Morgan fingerprint density at radius 2 is 1.70 bits per heavy atom. The summed E-state index contributed by atoms with van der Waals surface area (Å²) in [6.07, 6.45) is 0. The number of nitrogens with one attached hydrogen (secondary N) is 1. The normalized spacial score (nSPS) is 12.4. The van der Waals surface area contributed by atoms with Crippen LogP contribution in [0.5, 0.6) is 0 Å². The molecule has 2 aromatic carbocycles. The minimum atomic E-state index is -0.182. The molecule has 1 nitrogen and oxygen atoms in total. The number of halogens is 1. The zero-order valence-electron chi connectivity index (χ0n) is 12.6. The molecule has 2 aromatic rings. The van der Waals surface area contributed by atoms with Crippen molar-refractivity contribution in [2.24, 2.45) is 0 Å². The van der Waals surface area contributed by atoms with E-state index in [1.54, 1.807) is 12.1 Å². The fourth-order valence-corrected chi connectivity index (χ4v) is 2.37. The van der Waals surface area contributed by atoms with E-state index in [9.17, 15) is 4.39 Å². The highest BCUT2D eigenvalue weighted by Gasteiger charge is 2.07. The molecule has 0 bridgehead atoms. The van der Waals surface area contributed by atoms with E-state index in [0.29, 0.717) is 0 Å². The van der Waals surface area contributed by atoms with Crippen LogP contribution in [0.2, 0.25) is 0 Å². The van der Waals surface area contributed by atoms with Crippen molar-refractivity contribution in [2.45, 2.75) is 40.3 Å². The Labute approximate surface area is 120 Å². The molecule has 0 radical (unpaired) electrons. The second-order valence-electron chi connectivity index (χ2n) is 5.52. The highest BCUT2D eigenvalue weighted by molar-refractivity contribution is 5.36. The fourth-order valence-electron chi connectivity index (χ4n) is 2.37. The Hall–Kier alpha value is -1.67. The summed E-state index contributed by atoms with van der Waals surface area (Å²) in [5, 5.41) is 3.46. The molecule has 0 fully saturated rings. The Morgan fingerprint density at radius 3 is 2.40 bits per heavy atom. The van der Waals surface area contributed by atoms with E-state index in [2.05, 4.69) is 45.1 Å². The predicted octanol–water partition coefficient (Wildman–Crippen LogP) is 4.60. The van der Waals surface area contributed by atoms with Crippen LogP contribution in [0.15, 0.2) is 36.4 Å². The van der Waals surface area contributed by atoms with Crippen molar-refractivity contribution in [3.05, 3.63) is 70.0 Å². The molecule has 0 amide bonds. The Balaban J connectivity index is 2.07. The largest absolute Gasteiger partial charge is 0.306 e. The van der Waals surface area contributed by atoms with E-state index in [1.807, 2.05) is 6.07 Å². The van der Waals surface area contributed by atoms with Crippen LogP contribution in [0.1, 0.15) is 40.8 Å². The van der Waals surface area contributed by atoms with Gasteiger partial charge >= 0.3 is 0 Å². The summed E-state index contributed by atoms with van der Waals surface area (Å²) in [5.41, 5.74) is 6.21. The molecule has 2 rings (SSSR count). The average Bonchev–Trinajstić information content (AvgIpc) is 2.41. The van der Waals surface area contributed by atoms with Crippen LogP contribution in [0, 0.1) is 26.6 Å². The molecule has 1 atom stereocenters. The van der Waals surface area contributed by atoms with Crippen LogP contribution in [0.3, 0.4) is 0 Å². The maximum absolute atomic E-state index is 13.2. The SMILES string of the molecule is Cc1cc(C)c(CNC(C)c2cccc(F)c2)cc1C. The van der Waals surface area contributed by atoms with Gasteiger partial charge in [0.2, 0.25) is 0 Å². The molecule has 106 valence electrons. The van der Waals surface area contributed by atoms with Gasteiger partial charge in [-0.15, -0.1) is 0 Å². The van der Waals surface area contributed by atoms with Crippen molar-refractivity contribution in [1.82, 2.24) is 5.32 Å². The molecule has 0 aliphatic heterocycles. The summed E-state index contributed by atoms with van der Waals surface area (Å²) < 4.78 is 13.2. The highest BCUT2D eigenvalue weighted by Crippen LogP contribution is 2.18. The number of hydrogen-bond acceptors (Lipinski definition) is 1.